The molecule has 29 heavy (non-hydrogen) atoms. The van der Waals surface area contributed by atoms with Gasteiger partial charge in [-0.15, -0.1) is 0 Å². The third-order valence-electron chi connectivity index (χ3n) is 4.40. The molecule has 0 aliphatic heterocycles. The van der Waals surface area contributed by atoms with Crippen LogP contribution in [0.15, 0.2) is 0 Å². The molecule has 0 heterocycles. The van der Waals surface area contributed by atoms with Gasteiger partial charge in [0.1, 0.15) is 12.7 Å². The van der Waals surface area contributed by atoms with E-state index in [1.54, 1.807) is 0 Å². The van der Waals surface area contributed by atoms with Crippen molar-refractivity contribution in [2.24, 2.45) is 11.7 Å². The first-order valence-corrected chi connectivity index (χ1v) is 12.4. The second-order valence-corrected chi connectivity index (χ2v) is 9.29. The minimum atomic E-state index is -4.23. The maximum absolute atomic E-state index is 11.7. The van der Waals surface area contributed by atoms with Crippen molar-refractivity contribution in [1.29, 1.82) is 0 Å². The largest absolute Gasteiger partial charge is 0.472 e. The Morgan fingerprint density at radius 1 is 0.931 bits per heavy atom. The van der Waals surface area contributed by atoms with Crippen LogP contribution in [0, 0.1) is 5.92 Å². The molecule has 0 aromatic heterocycles. The summed E-state index contributed by atoms with van der Waals surface area (Å²) in [7, 11) is -4.23. The number of unbranched alkanes of at least 4 members (excludes halogenated alkanes) is 8. The van der Waals surface area contributed by atoms with Gasteiger partial charge in [0.2, 0.25) is 0 Å². The van der Waals surface area contributed by atoms with Crippen LogP contribution in [0.1, 0.15) is 84.5 Å². The SMILES string of the molecule is CC(C)CCCCCCCCCCCC(=O)OCC(O)COP(=O)(O)OCCN. The first-order chi connectivity index (χ1) is 13.8. The highest BCUT2D eigenvalue weighted by molar-refractivity contribution is 7.47. The fourth-order valence-electron chi connectivity index (χ4n) is 2.75. The lowest BCUT2D eigenvalue weighted by Crippen LogP contribution is -2.23. The van der Waals surface area contributed by atoms with Crippen LogP contribution in [-0.2, 0) is 23.1 Å². The summed E-state index contributed by atoms with van der Waals surface area (Å²) < 4.78 is 25.5. The van der Waals surface area contributed by atoms with Crippen molar-refractivity contribution < 1.29 is 33.1 Å². The fraction of sp³-hybridized carbons (Fsp3) is 0.950. The molecule has 0 aromatic carbocycles. The number of phosphoric ester groups is 1. The summed E-state index contributed by atoms with van der Waals surface area (Å²) in [6.45, 7) is 3.73. The number of aliphatic hydroxyl groups is 1. The highest BCUT2D eigenvalue weighted by Gasteiger charge is 2.22. The van der Waals surface area contributed by atoms with E-state index in [0.717, 1.165) is 25.2 Å². The van der Waals surface area contributed by atoms with E-state index >= 15 is 0 Å². The van der Waals surface area contributed by atoms with Gasteiger partial charge in [-0.2, -0.15) is 0 Å². The molecule has 2 atom stereocenters. The van der Waals surface area contributed by atoms with Crippen LogP contribution in [0.25, 0.3) is 0 Å². The van der Waals surface area contributed by atoms with Gasteiger partial charge in [-0.05, 0) is 12.3 Å². The van der Waals surface area contributed by atoms with Crippen molar-refractivity contribution in [2.45, 2.75) is 90.6 Å². The van der Waals surface area contributed by atoms with E-state index in [2.05, 4.69) is 22.9 Å². The van der Waals surface area contributed by atoms with Crippen molar-refractivity contribution in [1.82, 2.24) is 0 Å². The minimum absolute atomic E-state index is 0.0759. The standard InChI is InChI=1S/C20H42NO7P/c1-18(2)12-10-8-6-4-3-5-7-9-11-13-20(23)26-16-19(22)17-28-29(24,25)27-15-14-21/h18-19,22H,3-17,21H2,1-2H3,(H,24,25). The Kier molecular flexibility index (Phi) is 18.0. The first kappa shape index (κ1) is 28.5. The zero-order valence-electron chi connectivity index (χ0n) is 18.2. The van der Waals surface area contributed by atoms with E-state index in [0.29, 0.717) is 6.42 Å². The molecule has 0 saturated carbocycles. The lowest BCUT2D eigenvalue weighted by molar-refractivity contribution is -0.147. The Balaban J connectivity index is 3.50. The van der Waals surface area contributed by atoms with E-state index < -0.39 is 20.5 Å². The monoisotopic (exact) mass is 439 g/mol. The molecule has 2 unspecified atom stereocenters. The van der Waals surface area contributed by atoms with E-state index in [4.69, 9.17) is 10.5 Å². The number of carbonyl (C=O) groups is 1. The summed E-state index contributed by atoms with van der Waals surface area (Å²) in [5.41, 5.74) is 5.16. The van der Waals surface area contributed by atoms with Gasteiger partial charge < -0.3 is 20.5 Å². The number of carbonyl (C=O) groups excluding carboxylic acids is 1. The third kappa shape index (κ3) is 20.5. The second kappa shape index (κ2) is 18.3. The number of aliphatic hydroxyl groups excluding tert-OH is 1. The smallest absolute Gasteiger partial charge is 0.463 e. The van der Waals surface area contributed by atoms with Crippen molar-refractivity contribution in [3.05, 3.63) is 0 Å². The van der Waals surface area contributed by atoms with Crippen LogP contribution in [0.5, 0.6) is 0 Å². The summed E-state index contributed by atoms with van der Waals surface area (Å²) in [6.07, 6.45) is 11.0. The fourth-order valence-corrected chi connectivity index (χ4v) is 3.53. The quantitative estimate of drug-likeness (QED) is 0.148. The maximum atomic E-state index is 11.7. The topological polar surface area (TPSA) is 128 Å². The minimum Gasteiger partial charge on any atom is -0.463 e. The summed E-state index contributed by atoms with van der Waals surface area (Å²) in [5, 5.41) is 9.65. The van der Waals surface area contributed by atoms with Crippen LogP contribution < -0.4 is 5.73 Å². The van der Waals surface area contributed by atoms with E-state index in [1.807, 2.05) is 0 Å². The Morgan fingerprint density at radius 3 is 2.03 bits per heavy atom. The number of rotatable bonds is 20. The molecule has 0 bridgehead atoms. The molecule has 0 fully saturated rings. The number of phosphoric acid groups is 1. The zero-order chi connectivity index (χ0) is 22.0. The van der Waals surface area contributed by atoms with Crippen molar-refractivity contribution in [3.8, 4) is 0 Å². The summed E-state index contributed by atoms with van der Waals surface area (Å²) in [5.74, 6) is 0.416. The second-order valence-electron chi connectivity index (χ2n) is 7.84. The van der Waals surface area contributed by atoms with E-state index in [-0.39, 0.29) is 25.7 Å². The Hall–Kier alpha value is -0.500. The van der Waals surface area contributed by atoms with Gasteiger partial charge >= 0.3 is 13.8 Å². The Labute approximate surface area is 176 Å². The molecular formula is C20H42NO7P. The van der Waals surface area contributed by atoms with Gasteiger partial charge in [-0.1, -0.05) is 71.6 Å². The lowest BCUT2D eigenvalue weighted by atomic mass is 10.0. The molecule has 0 aliphatic rings. The Morgan fingerprint density at radius 2 is 1.48 bits per heavy atom. The maximum Gasteiger partial charge on any atom is 0.472 e. The number of ether oxygens (including phenoxy) is 1. The summed E-state index contributed by atoms with van der Waals surface area (Å²) >= 11 is 0. The molecule has 0 aromatic rings. The average molecular weight is 440 g/mol. The number of hydrogen-bond acceptors (Lipinski definition) is 7. The van der Waals surface area contributed by atoms with Crippen LogP contribution in [-0.4, -0.2) is 48.4 Å². The number of hydrogen-bond donors (Lipinski definition) is 3. The van der Waals surface area contributed by atoms with Crippen molar-refractivity contribution >= 4 is 13.8 Å². The molecule has 174 valence electrons. The van der Waals surface area contributed by atoms with Gasteiger partial charge in [-0.3, -0.25) is 13.8 Å². The average Bonchev–Trinajstić information content (AvgIpc) is 2.67. The van der Waals surface area contributed by atoms with Crippen LogP contribution >= 0.6 is 7.82 Å². The van der Waals surface area contributed by atoms with Crippen molar-refractivity contribution in [3.63, 3.8) is 0 Å². The molecule has 0 spiro atoms. The van der Waals surface area contributed by atoms with Crippen LogP contribution in [0.2, 0.25) is 0 Å². The molecule has 0 amide bonds. The van der Waals surface area contributed by atoms with Gasteiger partial charge in [0.05, 0.1) is 13.2 Å². The predicted octanol–water partition coefficient (Wildman–Crippen LogP) is 3.93. The van der Waals surface area contributed by atoms with Gasteiger partial charge in [-0.25, -0.2) is 4.57 Å². The molecule has 8 nitrogen and oxygen atoms in total. The Bertz CT molecular complexity index is 449. The van der Waals surface area contributed by atoms with Gasteiger partial charge in [0.15, 0.2) is 0 Å². The molecule has 9 heteroatoms. The first-order valence-electron chi connectivity index (χ1n) is 10.9. The molecule has 0 radical (unpaired) electrons. The summed E-state index contributed by atoms with van der Waals surface area (Å²) in [4.78, 5) is 20.9. The van der Waals surface area contributed by atoms with Crippen LogP contribution in [0.3, 0.4) is 0 Å². The number of esters is 1. The molecule has 4 N–H and O–H groups in total. The van der Waals surface area contributed by atoms with E-state index in [1.165, 1.54) is 44.9 Å². The zero-order valence-corrected chi connectivity index (χ0v) is 19.1. The van der Waals surface area contributed by atoms with Crippen LogP contribution in [0.4, 0.5) is 0 Å². The molecule has 0 saturated heterocycles. The highest BCUT2D eigenvalue weighted by Crippen LogP contribution is 2.42. The molecule has 0 aliphatic carbocycles. The molecule has 0 rings (SSSR count). The van der Waals surface area contributed by atoms with Crippen molar-refractivity contribution in [2.75, 3.05) is 26.4 Å². The summed E-state index contributed by atoms with van der Waals surface area (Å²) in [6, 6.07) is 0. The van der Waals surface area contributed by atoms with Gasteiger partial charge in [0, 0.05) is 13.0 Å². The third-order valence-corrected chi connectivity index (χ3v) is 5.39. The number of nitrogens with two attached hydrogens (primary N) is 1. The van der Waals surface area contributed by atoms with E-state index in [9.17, 15) is 19.4 Å². The lowest BCUT2D eigenvalue weighted by Gasteiger charge is -2.15. The predicted molar refractivity (Wildman–Crippen MR) is 113 cm³/mol. The highest BCUT2D eigenvalue weighted by atomic mass is 31.2. The molecular weight excluding hydrogens is 397 g/mol. The normalized spacial score (nSPS) is 14.7. The van der Waals surface area contributed by atoms with Gasteiger partial charge in [0.25, 0.3) is 0 Å².